The Labute approximate surface area is 110 Å². The van der Waals surface area contributed by atoms with E-state index >= 15 is 0 Å². The Balaban J connectivity index is 2.25. The summed E-state index contributed by atoms with van der Waals surface area (Å²) >= 11 is 3.49. The van der Waals surface area contributed by atoms with E-state index in [1.807, 2.05) is 0 Å². The first-order valence-electron chi connectivity index (χ1n) is 5.74. The highest BCUT2D eigenvalue weighted by Crippen LogP contribution is 2.27. The van der Waals surface area contributed by atoms with Crippen molar-refractivity contribution in [3.05, 3.63) is 10.7 Å². The van der Waals surface area contributed by atoms with Crippen LogP contribution in [0.25, 0.3) is 0 Å². The van der Waals surface area contributed by atoms with Crippen LogP contribution in [0.1, 0.15) is 13.8 Å². The van der Waals surface area contributed by atoms with Crippen LogP contribution in [-0.2, 0) is 0 Å². The Bertz CT molecular complexity index is 399. The van der Waals surface area contributed by atoms with Gasteiger partial charge in [0.15, 0.2) is 0 Å². The van der Waals surface area contributed by atoms with E-state index in [1.54, 1.807) is 6.20 Å². The highest BCUT2D eigenvalue weighted by atomic mass is 79.9. The SMILES string of the molecule is CC1CN(c2nc(N)ncc2Br)CC(C)N1C. The number of hydrogen-bond acceptors (Lipinski definition) is 5. The predicted octanol–water partition coefficient (Wildman–Crippen LogP) is 1.35. The van der Waals surface area contributed by atoms with Gasteiger partial charge in [0.2, 0.25) is 5.95 Å². The van der Waals surface area contributed by atoms with Crippen LogP contribution in [0.3, 0.4) is 0 Å². The number of nitrogens with zero attached hydrogens (tertiary/aromatic N) is 4. The minimum absolute atomic E-state index is 0.322. The Kier molecular flexibility index (Phi) is 3.53. The van der Waals surface area contributed by atoms with E-state index in [4.69, 9.17) is 5.73 Å². The van der Waals surface area contributed by atoms with Crippen molar-refractivity contribution in [3.63, 3.8) is 0 Å². The van der Waals surface area contributed by atoms with Crippen LogP contribution in [-0.4, -0.2) is 47.1 Å². The normalized spacial score (nSPS) is 26.2. The largest absolute Gasteiger partial charge is 0.368 e. The quantitative estimate of drug-likeness (QED) is 0.848. The lowest BCUT2D eigenvalue weighted by atomic mass is 10.1. The zero-order valence-electron chi connectivity index (χ0n) is 10.4. The van der Waals surface area contributed by atoms with Gasteiger partial charge < -0.3 is 10.6 Å². The first-order chi connectivity index (χ1) is 7.99. The van der Waals surface area contributed by atoms with Crippen LogP contribution < -0.4 is 10.6 Å². The van der Waals surface area contributed by atoms with E-state index in [9.17, 15) is 0 Å². The van der Waals surface area contributed by atoms with Gasteiger partial charge in [-0.3, -0.25) is 4.90 Å². The standard InChI is InChI=1S/C11H18BrN5/c1-7-5-17(6-8(2)16(7)3)10-9(12)4-14-11(13)15-10/h4,7-8H,5-6H2,1-3H3,(H2,13,14,15). The number of nitrogen functional groups attached to an aromatic ring is 1. The molecule has 1 aromatic heterocycles. The highest BCUT2D eigenvalue weighted by Gasteiger charge is 2.28. The molecule has 0 spiro atoms. The number of halogens is 1. The Morgan fingerprint density at radius 3 is 2.53 bits per heavy atom. The molecule has 6 heteroatoms. The molecule has 2 heterocycles. The van der Waals surface area contributed by atoms with Gasteiger partial charge in [-0.15, -0.1) is 0 Å². The second-order valence-corrected chi connectivity index (χ2v) is 5.52. The molecule has 17 heavy (non-hydrogen) atoms. The zero-order valence-corrected chi connectivity index (χ0v) is 12.0. The van der Waals surface area contributed by atoms with Crippen molar-refractivity contribution in [1.29, 1.82) is 0 Å². The molecule has 5 nitrogen and oxygen atoms in total. The third-order valence-electron chi connectivity index (χ3n) is 3.40. The molecule has 2 N–H and O–H groups in total. The summed E-state index contributed by atoms with van der Waals surface area (Å²) in [6.07, 6.45) is 1.71. The van der Waals surface area contributed by atoms with Crippen molar-refractivity contribution in [2.75, 3.05) is 30.8 Å². The van der Waals surface area contributed by atoms with Gasteiger partial charge >= 0.3 is 0 Å². The topological polar surface area (TPSA) is 58.3 Å². The third-order valence-corrected chi connectivity index (χ3v) is 3.96. The number of likely N-dealkylation sites (N-methyl/N-ethyl adjacent to an activating group) is 1. The van der Waals surface area contributed by atoms with Crippen LogP contribution in [0.15, 0.2) is 10.7 Å². The van der Waals surface area contributed by atoms with Gasteiger partial charge in [-0.1, -0.05) is 0 Å². The zero-order chi connectivity index (χ0) is 12.6. The number of rotatable bonds is 1. The lowest BCUT2D eigenvalue weighted by molar-refractivity contribution is 0.169. The van der Waals surface area contributed by atoms with E-state index in [-0.39, 0.29) is 0 Å². The van der Waals surface area contributed by atoms with E-state index in [0.717, 1.165) is 23.4 Å². The summed E-state index contributed by atoms with van der Waals surface area (Å²) in [5.41, 5.74) is 5.65. The predicted molar refractivity (Wildman–Crippen MR) is 73.0 cm³/mol. The molecule has 0 saturated carbocycles. The fraction of sp³-hybridized carbons (Fsp3) is 0.636. The van der Waals surface area contributed by atoms with Crippen molar-refractivity contribution in [3.8, 4) is 0 Å². The molecule has 1 saturated heterocycles. The summed E-state index contributed by atoms with van der Waals surface area (Å²) in [7, 11) is 2.16. The Morgan fingerprint density at radius 2 is 1.94 bits per heavy atom. The number of nitrogens with two attached hydrogens (primary N) is 1. The van der Waals surface area contributed by atoms with Gasteiger partial charge in [-0.25, -0.2) is 4.98 Å². The van der Waals surface area contributed by atoms with E-state index < -0.39 is 0 Å². The molecule has 0 amide bonds. The maximum absolute atomic E-state index is 5.65. The number of piperazine rings is 1. The monoisotopic (exact) mass is 299 g/mol. The van der Waals surface area contributed by atoms with Crippen molar-refractivity contribution in [2.45, 2.75) is 25.9 Å². The lowest BCUT2D eigenvalue weighted by Crippen LogP contribution is -2.55. The molecular weight excluding hydrogens is 282 g/mol. The molecule has 1 aliphatic heterocycles. The molecule has 0 radical (unpaired) electrons. The first-order valence-corrected chi connectivity index (χ1v) is 6.53. The summed E-state index contributed by atoms with van der Waals surface area (Å²) in [6, 6.07) is 1.00. The van der Waals surface area contributed by atoms with E-state index in [2.05, 4.69) is 56.6 Å². The van der Waals surface area contributed by atoms with Gasteiger partial charge in [0, 0.05) is 31.4 Å². The molecule has 0 aromatic carbocycles. The summed E-state index contributed by atoms with van der Waals surface area (Å²) in [5, 5.41) is 0. The molecule has 2 unspecified atom stereocenters. The highest BCUT2D eigenvalue weighted by molar-refractivity contribution is 9.10. The molecule has 2 rings (SSSR count). The minimum atomic E-state index is 0.322. The van der Waals surface area contributed by atoms with Gasteiger partial charge in [0.25, 0.3) is 0 Å². The summed E-state index contributed by atoms with van der Waals surface area (Å²) in [4.78, 5) is 12.9. The van der Waals surface area contributed by atoms with Crippen molar-refractivity contribution < 1.29 is 0 Å². The van der Waals surface area contributed by atoms with Crippen molar-refractivity contribution in [2.24, 2.45) is 0 Å². The minimum Gasteiger partial charge on any atom is -0.368 e. The van der Waals surface area contributed by atoms with Crippen molar-refractivity contribution in [1.82, 2.24) is 14.9 Å². The molecule has 0 bridgehead atoms. The molecule has 1 aliphatic rings. The average Bonchev–Trinajstić information content (AvgIpc) is 2.28. The number of anilines is 2. The summed E-state index contributed by atoms with van der Waals surface area (Å²) < 4.78 is 0.899. The maximum Gasteiger partial charge on any atom is 0.222 e. The fourth-order valence-electron chi connectivity index (χ4n) is 2.17. The molecule has 2 atom stereocenters. The van der Waals surface area contributed by atoms with Gasteiger partial charge in [0.05, 0.1) is 4.47 Å². The van der Waals surface area contributed by atoms with Crippen molar-refractivity contribution >= 4 is 27.7 Å². The first kappa shape index (κ1) is 12.6. The Hall–Kier alpha value is -0.880. The number of aromatic nitrogens is 2. The van der Waals surface area contributed by atoms with Crippen LogP contribution in [0.5, 0.6) is 0 Å². The second-order valence-electron chi connectivity index (χ2n) is 4.67. The van der Waals surface area contributed by atoms with Gasteiger partial charge in [-0.05, 0) is 36.8 Å². The molecular formula is C11H18BrN5. The van der Waals surface area contributed by atoms with Crippen LogP contribution in [0.4, 0.5) is 11.8 Å². The maximum atomic E-state index is 5.65. The van der Waals surface area contributed by atoms with Gasteiger partial charge in [0.1, 0.15) is 5.82 Å². The van der Waals surface area contributed by atoms with E-state index in [0.29, 0.717) is 18.0 Å². The fourth-order valence-corrected chi connectivity index (χ4v) is 2.61. The van der Waals surface area contributed by atoms with Crippen LogP contribution in [0.2, 0.25) is 0 Å². The summed E-state index contributed by atoms with van der Waals surface area (Å²) in [6.45, 7) is 6.36. The molecule has 1 aromatic rings. The second kappa shape index (κ2) is 4.78. The molecule has 1 fully saturated rings. The smallest absolute Gasteiger partial charge is 0.222 e. The number of hydrogen-bond donors (Lipinski definition) is 1. The van der Waals surface area contributed by atoms with E-state index in [1.165, 1.54) is 0 Å². The molecule has 0 aliphatic carbocycles. The summed E-state index contributed by atoms with van der Waals surface area (Å²) in [5.74, 6) is 1.21. The Morgan fingerprint density at radius 1 is 1.35 bits per heavy atom. The third kappa shape index (κ3) is 2.52. The average molecular weight is 300 g/mol. The van der Waals surface area contributed by atoms with Gasteiger partial charge in [-0.2, -0.15) is 4.98 Å². The van der Waals surface area contributed by atoms with Crippen LogP contribution in [0, 0.1) is 0 Å². The molecule has 94 valence electrons. The lowest BCUT2D eigenvalue weighted by Gasteiger charge is -2.43. The van der Waals surface area contributed by atoms with Crippen LogP contribution >= 0.6 is 15.9 Å².